The van der Waals surface area contributed by atoms with Crippen LogP contribution in [0.15, 0.2) is 24.3 Å². The summed E-state index contributed by atoms with van der Waals surface area (Å²) in [6.45, 7) is -0.413. The summed E-state index contributed by atoms with van der Waals surface area (Å²) in [5.41, 5.74) is 1.37. The van der Waals surface area contributed by atoms with Gasteiger partial charge in [0.1, 0.15) is 5.75 Å². The highest BCUT2D eigenvalue weighted by molar-refractivity contribution is 5.38. The SMILES string of the molecule is CC(F)(c1ccccc1O)C(F)(F)CN. The van der Waals surface area contributed by atoms with E-state index in [-0.39, 0.29) is 0 Å². The molecule has 1 atom stereocenters. The molecule has 1 aromatic rings. The number of phenolic OH excluding ortho intramolecular Hbond substituents is 1. The van der Waals surface area contributed by atoms with Gasteiger partial charge in [0, 0.05) is 5.56 Å². The van der Waals surface area contributed by atoms with Crippen molar-refractivity contribution in [2.24, 2.45) is 5.73 Å². The van der Waals surface area contributed by atoms with Crippen LogP contribution in [0.1, 0.15) is 12.5 Å². The van der Waals surface area contributed by atoms with Crippen molar-refractivity contribution < 1.29 is 18.3 Å². The average Bonchev–Trinajstić information content (AvgIpc) is 2.18. The molecule has 0 heterocycles. The fraction of sp³-hybridized carbons (Fsp3) is 0.400. The Balaban J connectivity index is 3.22. The van der Waals surface area contributed by atoms with Crippen LogP contribution in [0.5, 0.6) is 5.75 Å². The second-order valence-electron chi connectivity index (χ2n) is 3.43. The predicted octanol–water partition coefficient (Wildman–Crippen LogP) is 2.17. The molecule has 84 valence electrons. The average molecular weight is 219 g/mol. The Morgan fingerprint density at radius 2 is 1.80 bits per heavy atom. The van der Waals surface area contributed by atoms with Gasteiger partial charge in [0.15, 0.2) is 0 Å². The normalized spacial score (nSPS) is 16.1. The van der Waals surface area contributed by atoms with Gasteiger partial charge in [0.2, 0.25) is 5.67 Å². The number of alkyl halides is 3. The summed E-state index contributed by atoms with van der Waals surface area (Å²) in [6.07, 6.45) is 0. The van der Waals surface area contributed by atoms with E-state index in [0.717, 1.165) is 12.1 Å². The third-order valence-electron chi connectivity index (χ3n) is 2.35. The molecule has 1 rings (SSSR count). The van der Waals surface area contributed by atoms with Crippen LogP contribution >= 0.6 is 0 Å². The number of para-hydroxylation sites is 1. The molecule has 3 N–H and O–H groups in total. The molecule has 0 amide bonds. The standard InChI is InChI=1S/C10H12F3NO/c1-9(11,10(12,13)6-14)7-4-2-3-5-8(7)15/h2-5,15H,6,14H2,1H3. The Hall–Kier alpha value is -1.23. The number of halogens is 3. The van der Waals surface area contributed by atoms with Gasteiger partial charge in [-0.3, -0.25) is 0 Å². The van der Waals surface area contributed by atoms with E-state index in [1.807, 2.05) is 0 Å². The maximum Gasteiger partial charge on any atom is 0.297 e. The van der Waals surface area contributed by atoms with E-state index < -0.39 is 29.4 Å². The first-order valence-corrected chi connectivity index (χ1v) is 4.38. The molecule has 0 aromatic heterocycles. The van der Waals surface area contributed by atoms with Crippen LogP contribution in [-0.2, 0) is 5.67 Å². The van der Waals surface area contributed by atoms with Crippen molar-refractivity contribution in [3.8, 4) is 5.75 Å². The van der Waals surface area contributed by atoms with Crippen LogP contribution in [-0.4, -0.2) is 17.6 Å². The predicted molar refractivity (Wildman–Crippen MR) is 50.6 cm³/mol. The van der Waals surface area contributed by atoms with Crippen molar-refractivity contribution in [1.29, 1.82) is 0 Å². The molecule has 0 aliphatic heterocycles. The van der Waals surface area contributed by atoms with Gasteiger partial charge in [-0.1, -0.05) is 18.2 Å². The van der Waals surface area contributed by atoms with E-state index in [4.69, 9.17) is 5.73 Å². The highest BCUT2D eigenvalue weighted by atomic mass is 19.3. The van der Waals surface area contributed by atoms with E-state index in [9.17, 15) is 18.3 Å². The summed E-state index contributed by atoms with van der Waals surface area (Å²) in [5, 5.41) is 9.29. The molecule has 0 radical (unpaired) electrons. The van der Waals surface area contributed by atoms with E-state index in [1.54, 1.807) is 0 Å². The third-order valence-corrected chi connectivity index (χ3v) is 2.35. The molecule has 2 nitrogen and oxygen atoms in total. The zero-order valence-electron chi connectivity index (χ0n) is 8.17. The molecule has 0 saturated heterocycles. The first-order chi connectivity index (χ1) is 6.83. The highest BCUT2D eigenvalue weighted by Crippen LogP contribution is 2.43. The summed E-state index contributed by atoms with van der Waals surface area (Å²) in [4.78, 5) is 0. The topological polar surface area (TPSA) is 46.2 Å². The van der Waals surface area contributed by atoms with Gasteiger partial charge >= 0.3 is 0 Å². The number of nitrogens with two attached hydrogens (primary N) is 1. The molecule has 0 aliphatic rings. The lowest BCUT2D eigenvalue weighted by molar-refractivity contribution is -0.126. The van der Waals surface area contributed by atoms with Crippen molar-refractivity contribution >= 4 is 0 Å². The number of phenols is 1. The van der Waals surface area contributed by atoms with Crippen LogP contribution in [0.4, 0.5) is 13.2 Å². The van der Waals surface area contributed by atoms with Crippen molar-refractivity contribution in [3.05, 3.63) is 29.8 Å². The first kappa shape index (κ1) is 11.8. The zero-order valence-corrected chi connectivity index (χ0v) is 8.17. The van der Waals surface area contributed by atoms with Gasteiger partial charge in [0.25, 0.3) is 5.92 Å². The molecule has 5 heteroatoms. The maximum absolute atomic E-state index is 13.9. The number of rotatable bonds is 3. The largest absolute Gasteiger partial charge is 0.508 e. The molecule has 15 heavy (non-hydrogen) atoms. The minimum absolute atomic E-state index is 0.458. The molecular formula is C10H12F3NO. The van der Waals surface area contributed by atoms with Crippen molar-refractivity contribution in [2.75, 3.05) is 6.54 Å². The number of hydrogen-bond donors (Lipinski definition) is 2. The van der Waals surface area contributed by atoms with Crippen LogP contribution in [0.25, 0.3) is 0 Å². The quantitative estimate of drug-likeness (QED) is 0.818. The third kappa shape index (κ3) is 1.92. The number of aromatic hydroxyl groups is 1. The molecule has 0 aliphatic carbocycles. The molecule has 0 spiro atoms. The van der Waals surface area contributed by atoms with Gasteiger partial charge in [0.05, 0.1) is 6.54 Å². The van der Waals surface area contributed by atoms with Gasteiger partial charge in [-0.2, -0.15) is 0 Å². The molecular weight excluding hydrogens is 207 g/mol. The van der Waals surface area contributed by atoms with Gasteiger partial charge in [-0.15, -0.1) is 0 Å². The summed E-state index contributed by atoms with van der Waals surface area (Å²) >= 11 is 0. The van der Waals surface area contributed by atoms with Crippen LogP contribution < -0.4 is 5.73 Å². The Morgan fingerprint density at radius 3 is 2.27 bits per heavy atom. The van der Waals surface area contributed by atoms with E-state index in [0.29, 0.717) is 6.92 Å². The summed E-state index contributed by atoms with van der Waals surface area (Å²) in [5.74, 6) is -4.22. The Bertz CT molecular complexity index is 352. The molecule has 0 saturated carbocycles. The van der Waals surface area contributed by atoms with Crippen LogP contribution in [0.3, 0.4) is 0 Å². The lowest BCUT2D eigenvalue weighted by Crippen LogP contribution is -2.45. The van der Waals surface area contributed by atoms with E-state index >= 15 is 0 Å². The monoisotopic (exact) mass is 219 g/mol. The fourth-order valence-corrected chi connectivity index (χ4v) is 1.26. The second kappa shape index (κ2) is 3.73. The summed E-state index contributed by atoms with van der Waals surface area (Å²) in [6, 6.07) is 5.06. The Labute approximate surface area is 85.5 Å². The van der Waals surface area contributed by atoms with Gasteiger partial charge in [-0.25, -0.2) is 13.2 Å². The van der Waals surface area contributed by atoms with Crippen molar-refractivity contribution in [2.45, 2.75) is 18.5 Å². The van der Waals surface area contributed by atoms with Gasteiger partial charge < -0.3 is 10.8 Å². The first-order valence-electron chi connectivity index (χ1n) is 4.38. The minimum atomic E-state index is -3.72. The smallest absolute Gasteiger partial charge is 0.297 e. The number of hydrogen-bond acceptors (Lipinski definition) is 2. The minimum Gasteiger partial charge on any atom is -0.508 e. The number of benzene rings is 1. The Kier molecular flexibility index (Phi) is 2.95. The lowest BCUT2D eigenvalue weighted by Gasteiger charge is -2.29. The van der Waals surface area contributed by atoms with Crippen LogP contribution in [0, 0.1) is 0 Å². The molecule has 1 aromatic carbocycles. The molecule has 0 bridgehead atoms. The van der Waals surface area contributed by atoms with Gasteiger partial charge in [-0.05, 0) is 13.0 Å². The lowest BCUT2D eigenvalue weighted by atomic mass is 9.90. The highest BCUT2D eigenvalue weighted by Gasteiger charge is 2.52. The van der Waals surface area contributed by atoms with Crippen molar-refractivity contribution in [1.82, 2.24) is 0 Å². The molecule has 1 unspecified atom stereocenters. The molecule has 0 fully saturated rings. The zero-order chi connectivity index (χ0) is 11.7. The van der Waals surface area contributed by atoms with Crippen molar-refractivity contribution in [3.63, 3.8) is 0 Å². The summed E-state index contributed by atoms with van der Waals surface area (Å²) < 4.78 is 40.2. The Morgan fingerprint density at radius 1 is 1.27 bits per heavy atom. The summed E-state index contributed by atoms with van der Waals surface area (Å²) in [7, 11) is 0. The maximum atomic E-state index is 13.9. The van der Waals surface area contributed by atoms with Crippen LogP contribution in [0.2, 0.25) is 0 Å². The van der Waals surface area contributed by atoms with E-state index in [1.165, 1.54) is 12.1 Å². The van der Waals surface area contributed by atoms with E-state index in [2.05, 4.69) is 0 Å². The fourth-order valence-electron chi connectivity index (χ4n) is 1.26. The second-order valence-corrected chi connectivity index (χ2v) is 3.43.